The average Bonchev–Trinajstić information content (AvgIpc) is 3.14. The molecule has 0 saturated heterocycles. The zero-order chi connectivity index (χ0) is 20.8. The third kappa shape index (κ3) is 4.63. The van der Waals surface area contributed by atoms with E-state index in [1.165, 1.54) is 17.1 Å². The molecular formula is C17H14N8O4. The van der Waals surface area contributed by atoms with Crippen LogP contribution in [0.1, 0.15) is 11.4 Å². The van der Waals surface area contributed by atoms with Crippen LogP contribution in [0.3, 0.4) is 0 Å². The summed E-state index contributed by atoms with van der Waals surface area (Å²) in [5.74, 6) is 0.489. The van der Waals surface area contributed by atoms with E-state index in [-0.39, 0.29) is 11.4 Å². The fraction of sp³-hybridized carbons (Fsp3) is 0.0588. The van der Waals surface area contributed by atoms with Gasteiger partial charge < -0.3 is 0 Å². The summed E-state index contributed by atoms with van der Waals surface area (Å²) in [6, 6.07) is 12.5. The van der Waals surface area contributed by atoms with Crippen molar-refractivity contribution in [3.8, 4) is 0 Å². The number of hydrazone groups is 1. The van der Waals surface area contributed by atoms with E-state index in [0.29, 0.717) is 11.5 Å². The zero-order valence-electron chi connectivity index (χ0n) is 15.0. The van der Waals surface area contributed by atoms with E-state index in [1.807, 2.05) is 30.3 Å². The number of nitro benzene ring substituents is 2. The van der Waals surface area contributed by atoms with Crippen LogP contribution in [0.15, 0.2) is 59.7 Å². The van der Waals surface area contributed by atoms with Gasteiger partial charge in [0.15, 0.2) is 5.82 Å². The van der Waals surface area contributed by atoms with Gasteiger partial charge in [0.1, 0.15) is 5.69 Å². The maximum atomic E-state index is 11.2. The van der Waals surface area contributed by atoms with E-state index in [9.17, 15) is 20.2 Å². The lowest BCUT2D eigenvalue weighted by molar-refractivity contribution is -0.393. The molecule has 1 N–H and O–H groups in total. The van der Waals surface area contributed by atoms with Crippen LogP contribution in [-0.4, -0.2) is 36.3 Å². The van der Waals surface area contributed by atoms with Gasteiger partial charge in [-0.15, -0.1) is 15.0 Å². The number of allylic oxidation sites excluding steroid dienone is 1. The molecule has 0 aliphatic carbocycles. The Labute approximate surface area is 163 Å². The van der Waals surface area contributed by atoms with Gasteiger partial charge in [0.05, 0.1) is 21.6 Å². The summed E-state index contributed by atoms with van der Waals surface area (Å²) < 4.78 is 0. The van der Waals surface area contributed by atoms with Crippen LogP contribution in [0.4, 0.5) is 17.1 Å². The maximum Gasteiger partial charge on any atom is 0.301 e. The molecular weight excluding hydrogens is 380 g/mol. The van der Waals surface area contributed by atoms with Crippen molar-refractivity contribution in [2.45, 2.75) is 6.92 Å². The van der Waals surface area contributed by atoms with E-state index in [4.69, 9.17) is 0 Å². The molecule has 2 aromatic carbocycles. The molecule has 1 heterocycles. The minimum absolute atomic E-state index is 0.0150. The standard InChI is InChI=1S/C17H14N8O4/c1-12-19-22-23(21-12)16(13-5-3-2-4-6-13)9-10-18-20-15-8-7-14(24(26)27)11-17(15)25(28)29/h2-11,20H,1H3/b16-9+,18-10-. The van der Waals surface area contributed by atoms with Gasteiger partial charge in [0.2, 0.25) is 0 Å². The molecule has 146 valence electrons. The van der Waals surface area contributed by atoms with Crippen LogP contribution in [0.25, 0.3) is 5.70 Å². The number of aryl methyl sites for hydroxylation is 1. The Bertz CT molecular complexity index is 1110. The first-order valence-corrected chi connectivity index (χ1v) is 8.20. The number of hydrogen-bond acceptors (Lipinski definition) is 9. The number of tetrazole rings is 1. The molecule has 12 heteroatoms. The van der Waals surface area contributed by atoms with E-state index in [2.05, 4.69) is 25.9 Å². The van der Waals surface area contributed by atoms with Crippen molar-refractivity contribution < 1.29 is 9.85 Å². The number of anilines is 1. The van der Waals surface area contributed by atoms with Gasteiger partial charge in [0, 0.05) is 17.8 Å². The average molecular weight is 394 g/mol. The maximum absolute atomic E-state index is 11.2. The summed E-state index contributed by atoms with van der Waals surface area (Å²) in [6.45, 7) is 1.70. The number of benzene rings is 2. The van der Waals surface area contributed by atoms with Crippen molar-refractivity contribution >= 4 is 29.0 Å². The molecule has 0 fully saturated rings. The number of aromatic nitrogens is 4. The number of hydrogen-bond donors (Lipinski definition) is 1. The van der Waals surface area contributed by atoms with Crippen LogP contribution in [-0.2, 0) is 0 Å². The third-order valence-corrected chi connectivity index (χ3v) is 3.68. The Morgan fingerprint density at radius 2 is 1.90 bits per heavy atom. The summed E-state index contributed by atoms with van der Waals surface area (Å²) in [4.78, 5) is 21.9. The van der Waals surface area contributed by atoms with E-state index < -0.39 is 15.5 Å². The Hall–Kier alpha value is -4.48. The van der Waals surface area contributed by atoms with Crippen LogP contribution < -0.4 is 5.43 Å². The SMILES string of the molecule is Cc1nnn(/C(=C/C=N\Nc2ccc([N+](=O)[O-])cc2[N+](=O)[O-])c2ccccc2)n1. The predicted octanol–water partition coefficient (Wildman–Crippen LogP) is 2.79. The van der Waals surface area contributed by atoms with Crippen molar-refractivity contribution in [3.05, 3.63) is 86.2 Å². The fourth-order valence-corrected chi connectivity index (χ4v) is 2.37. The Morgan fingerprint density at radius 3 is 2.52 bits per heavy atom. The zero-order valence-corrected chi connectivity index (χ0v) is 15.0. The molecule has 0 aliphatic heterocycles. The Kier molecular flexibility index (Phi) is 5.64. The second-order valence-electron chi connectivity index (χ2n) is 5.65. The molecule has 29 heavy (non-hydrogen) atoms. The molecule has 0 saturated carbocycles. The molecule has 0 bridgehead atoms. The first-order valence-electron chi connectivity index (χ1n) is 8.20. The number of rotatable bonds is 7. The molecule has 0 unspecified atom stereocenters. The van der Waals surface area contributed by atoms with Crippen molar-refractivity contribution in [1.82, 2.24) is 20.2 Å². The number of nitro groups is 2. The summed E-state index contributed by atoms with van der Waals surface area (Å²) in [7, 11) is 0. The molecule has 12 nitrogen and oxygen atoms in total. The predicted molar refractivity (Wildman–Crippen MR) is 104 cm³/mol. The largest absolute Gasteiger partial charge is 0.301 e. The summed E-state index contributed by atoms with van der Waals surface area (Å²) in [5.41, 5.74) is 3.07. The quantitative estimate of drug-likeness (QED) is 0.364. The van der Waals surface area contributed by atoms with Gasteiger partial charge in [-0.3, -0.25) is 25.7 Å². The topological polar surface area (TPSA) is 154 Å². The fourth-order valence-electron chi connectivity index (χ4n) is 2.37. The van der Waals surface area contributed by atoms with E-state index >= 15 is 0 Å². The lowest BCUT2D eigenvalue weighted by atomic mass is 10.1. The molecule has 1 aromatic heterocycles. The highest BCUT2D eigenvalue weighted by Gasteiger charge is 2.19. The van der Waals surface area contributed by atoms with Gasteiger partial charge in [0.25, 0.3) is 5.69 Å². The first-order chi connectivity index (χ1) is 14.0. The third-order valence-electron chi connectivity index (χ3n) is 3.68. The van der Waals surface area contributed by atoms with Gasteiger partial charge >= 0.3 is 5.69 Å². The van der Waals surface area contributed by atoms with E-state index in [1.54, 1.807) is 13.0 Å². The molecule has 0 amide bonds. The normalized spacial score (nSPS) is 11.6. The van der Waals surface area contributed by atoms with Crippen LogP contribution in [0, 0.1) is 27.2 Å². The lowest BCUT2D eigenvalue weighted by Crippen LogP contribution is -2.04. The van der Waals surface area contributed by atoms with Gasteiger partial charge in [-0.25, -0.2) is 0 Å². The molecule has 0 aliphatic rings. The van der Waals surface area contributed by atoms with Crippen LogP contribution in [0.2, 0.25) is 0 Å². The minimum Gasteiger partial charge on any atom is -0.272 e. The monoisotopic (exact) mass is 394 g/mol. The molecule has 0 spiro atoms. The number of non-ortho nitro benzene ring substituents is 1. The minimum atomic E-state index is -0.724. The van der Waals surface area contributed by atoms with Crippen molar-refractivity contribution in [2.75, 3.05) is 5.43 Å². The second-order valence-corrected chi connectivity index (χ2v) is 5.65. The van der Waals surface area contributed by atoms with Crippen LogP contribution >= 0.6 is 0 Å². The van der Waals surface area contributed by atoms with Gasteiger partial charge in [-0.2, -0.15) is 5.10 Å². The van der Waals surface area contributed by atoms with Crippen molar-refractivity contribution in [3.63, 3.8) is 0 Å². The summed E-state index contributed by atoms with van der Waals surface area (Å²) >= 11 is 0. The van der Waals surface area contributed by atoms with E-state index in [0.717, 1.165) is 17.7 Å². The van der Waals surface area contributed by atoms with Gasteiger partial charge in [-0.05, 0) is 24.3 Å². The highest BCUT2D eigenvalue weighted by Crippen LogP contribution is 2.28. The van der Waals surface area contributed by atoms with Gasteiger partial charge in [-0.1, -0.05) is 30.3 Å². The van der Waals surface area contributed by atoms with Crippen molar-refractivity contribution in [2.24, 2.45) is 5.10 Å². The summed E-state index contributed by atoms with van der Waals surface area (Å²) in [6.07, 6.45) is 2.97. The highest BCUT2D eigenvalue weighted by molar-refractivity contribution is 5.84. The van der Waals surface area contributed by atoms with Crippen LogP contribution in [0.5, 0.6) is 0 Å². The Balaban J connectivity index is 1.87. The molecule has 3 rings (SSSR count). The molecule has 0 radical (unpaired) electrons. The lowest BCUT2D eigenvalue weighted by Gasteiger charge is -2.04. The number of nitrogens with one attached hydrogen (secondary N) is 1. The molecule has 0 atom stereocenters. The number of nitrogens with zero attached hydrogens (tertiary/aromatic N) is 7. The molecule has 3 aromatic rings. The second kappa shape index (κ2) is 8.47. The smallest absolute Gasteiger partial charge is 0.272 e. The van der Waals surface area contributed by atoms with Crippen molar-refractivity contribution in [1.29, 1.82) is 0 Å². The Morgan fingerprint density at radius 1 is 1.14 bits per heavy atom. The first kappa shape index (κ1) is 19.3. The summed E-state index contributed by atoms with van der Waals surface area (Å²) in [5, 5.41) is 37.9. The highest BCUT2D eigenvalue weighted by atomic mass is 16.6.